The lowest BCUT2D eigenvalue weighted by Gasteiger charge is -2.13. The predicted molar refractivity (Wildman–Crippen MR) is 85.2 cm³/mol. The minimum atomic E-state index is -0.0942. The van der Waals surface area contributed by atoms with E-state index in [0.29, 0.717) is 11.6 Å². The Balaban J connectivity index is 2.26. The fraction of sp³-hybridized carbons (Fsp3) is 0.353. The number of anilines is 1. The summed E-state index contributed by atoms with van der Waals surface area (Å²) in [6.07, 6.45) is 0. The van der Waals surface area contributed by atoms with Gasteiger partial charge < -0.3 is 14.6 Å². The minimum absolute atomic E-state index is 0.0942. The molecule has 1 aromatic carbocycles. The second-order valence-electron chi connectivity index (χ2n) is 5.43. The summed E-state index contributed by atoms with van der Waals surface area (Å²) in [6.45, 7) is 8.23. The minimum Gasteiger partial charge on any atom is -0.497 e. The summed E-state index contributed by atoms with van der Waals surface area (Å²) in [4.78, 5) is 12.5. The van der Waals surface area contributed by atoms with Crippen LogP contribution in [-0.2, 0) is 0 Å². The van der Waals surface area contributed by atoms with E-state index in [2.05, 4.69) is 23.7 Å². The number of nitrogens with one attached hydrogen (secondary N) is 1. The first-order chi connectivity index (χ1) is 9.93. The SMILES string of the molecule is COc1cccc(NC(=O)c2cc(C)n(C(C)C)c2C)c1. The number of carbonyl (C=O) groups excluding carboxylic acids is 1. The molecule has 1 amide bonds. The van der Waals surface area contributed by atoms with Gasteiger partial charge in [0, 0.05) is 29.2 Å². The Hall–Kier alpha value is -2.23. The van der Waals surface area contributed by atoms with Crippen LogP contribution in [-0.4, -0.2) is 17.6 Å². The van der Waals surface area contributed by atoms with Gasteiger partial charge in [0.2, 0.25) is 0 Å². The lowest BCUT2D eigenvalue weighted by Crippen LogP contribution is -2.13. The molecule has 0 unspecified atom stereocenters. The molecule has 2 aromatic rings. The molecule has 0 aliphatic heterocycles. The van der Waals surface area contributed by atoms with E-state index in [1.807, 2.05) is 38.1 Å². The average Bonchev–Trinajstić information content (AvgIpc) is 2.74. The molecule has 0 spiro atoms. The summed E-state index contributed by atoms with van der Waals surface area (Å²) in [5.41, 5.74) is 3.53. The van der Waals surface area contributed by atoms with Gasteiger partial charge in [-0.05, 0) is 45.9 Å². The zero-order valence-corrected chi connectivity index (χ0v) is 13.2. The summed E-state index contributed by atoms with van der Waals surface area (Å²) in [6, 6.07) is 9.63. The molecule has 0 saturated carbocycles. The monoisotopic (exact) mass is 286 g/mol. The number of nitrogens with zero attached hydrogens (tertiary/aromatic N) is 1. The maximum atomic E-state index is 12.5. The molecule has 4 nitrogen and oxygen atoms in total. The van der Waals surface area contributed by atoms with E-state index < -0.39 is 0 Å². The van der Waals surface area contributed by atoms with Gasteiger partial charge in [-0.2, -0.15) is 0 Å². The van der Waals surface area contributed by atoms with Crippen LogP contribution in [0.4, 0.5) is 5.69 Å². The number of ether oxygens (including phenoxy) is 1. The molecule has 4 heteroatoms. The first-order valence-electron chi connectivity index (χ1n) is 7.08. The molecule has 0 radical (unpaired) electrons. The Bertz CT molecular complexity index is 657. The van der Waals surface area contributed by atoms with E-state index in [4.69, 9.17) is 4.74 Å². The molecular weight excluding hydrogens is 264 g/mol. The predicted octanol–water partition coefficient (Wildman–Crippen LogP) is 3.95. The molecule has 2 rings (SSSR count). The van der Waals surface area contributed by atoms with Crippen molar-refractivity contribution in [2.45, 2.75) is 33.7 Å². The first kappa shape index (κ1) is 15.2. The van der Waals surface area contributed by atoms with Crippen LogP contribution in [0, 0.1) is 13.8 Å². The van der Waals surface area contributed by atoms with E-state index >= 15 is 0 Å². The van der Waals surface area contributed by atoms with Crippen LogP contribution in [0.15, 0.2) is 30.3 Å². The quantitative estimate of drug-likeness (QED) is 0.925. The lowest BCUT2D eigenvalue weighted by atomic mass is 10.2. The van der Waals surface area contributed by atoms with Crippen LogP contribution in [0.3, 0.4) is 0 Å². The Morgan fingerprint density at radius 3 is 2.52 bits per heavy atom. The molecule has 0 bridgehead atoms. The van der Waals surface area contributed by atoms with Crippen LogP contribution < -0.4 is 10.1 Å². The standard InChI is InChI=1S/C17H22N2O2/c1-11(2)19-12(3)9-16(13(19)4)17(20)18-14-7-6-8-15(10-14)21-5/h6-11H,1-5H3,(H,18,20). The third kappa shape index (κ3) is 3.10. The lowest BCUT2D eigenvalue weighted by molar-refractivity contribution is 0.102. The molecule has 1 heterocycles. The van der Waals surface area contributed by atoms with Gasteiger partial charge in [0.05, 0.1) is 12.7 Å². The fourth-order valence-electron chi connectivity index (χ4n) is 2.70. The second-order valence-corrected chi connectivity index (χ2v) is 5.43. The highest BCUT2D eigenvalue weighted by Gasteiger charge is 2.17. The van der Waals surface area contributed by atoms with Crippen molar-refractivity contribution in [3.05, 3.63) is 47.3 Å². The van der Waals surface area contributed by atoms with Crippen LogP contribution >= 0.6 is 0 Å². The number of carbonyl (C=O) groups is 1. The average molecular weight is 286 g/mol. The number of hydrogen-bond acceptors (Lipinski definition) is 2. The second kappa shape index (κ2) is 6.04. The van der Waals surface area contributed by atoms with Crippen molar-refractivity contribution in [2.75, 3.05) is 12.4 Å². The summed E-state index contributed by atoms with van der Waals surface area (Å²) in [5.74, 6) is 0.628. The third-order valence-corrected chi connectivity index (χ3v) is 3.57. The Labute approximate surface area is 125 Å². The summed E-state index contributed by atoms with van der Waals surface area (Å²) in [5, 5.41) is 2.92. The van der Waals surface area contributed by atoms with E-state index in [1.54, 1.807) is 13.2 Å². The summed E-state index contributed by atoms with van der Waals surface area (Å²) < 4.78 is 7.33. The maximum Gasteiger partial charge on any atom is 0.257 e. The molecule has 21 heavy (non-hydrogen) atoms. The Morgan fingerprint density at radius 1 is 1.24 bits per heavy atom. The number of methoxy groups -OCH3 is 1. The maximum absolute atomic E-state index is 12.5. The molecular formula is C17H22N2O2. The topological polar surface area (TPSA) is 43.3 Å². The largest absolute Gasteiger partial charge is 0.497 e. The molecule has 1 N–H and O–H groups in total. The summed E-state index contributed by atoms with van der Waals surface area (Å²) in [7, 11) is 1.61. The Morgan fingerprint density at radius 2 is 1.95 bits per heavy atom. The molecule has 112 valence electrons. The molecule has 1 aromatic heterocycles. The molecule has 0 aliphatic carbocycles. The van der Waals surface area contributed by atoms with Crippen molar-refractivity contribution < 1.29 is 9.53 Å². The van der Waals surface area contributed by atoms with Gasteiger partial charge in [-0.3, -0.25) is 4.79 Å². The number of rotatable bonds is 4. The normalized spacial score (nSPS) is 10.8. The molecule has 0 saturated heterocycles. The van der Waals surface area contributed by atoms with Crippen LogP contribution in [0.5, 0.6) is 5.75 Å². The highest BCUT2D eigenvalue weighted by Crippen LogP contribution is 2.22. The van der Waals surface area contributed by atoms with Gasteiger partial charge in [-0.1, -0.05) is 6.07 Å². The van der Waals surface area contributed by atoms with Crippen molar-refractivity contribution in [1.82, 2.24) is 4.57 Å². The highest BCUT2D eigenvalue weighted by atomic mass is 16.5. The molecule has 0 aliphatic rings. The van der Waals surface area contributed by atoms with Crippen molar-refractivity contribution in [3.8, 4) is 5.75 Å². The smallest absolute Gasteiger partial charge is 0.257 e. The zero-order chi connectivity index (χ0) is 15.6. The number of aromatic nitrogens is 1. The fourth-order valence-corrected chi connectivity index (χ4v) is 2.70. The molecule has 0 atom stereocenters. The number of amides is 1. The van der Waals surface area contributed by atoms with Gasteiger partial charge in [0.1, 0.15) is 5.75 Å². The number of benzene rings is 1. The van der Waals surface area contributed by atoms with Crippen molar-refractivity contribution in [1.29, 1.82) is 0 Å². The van der Waals surface area contributed by atoms with Crippen molar-refractivity contribution >= 4 is 11.6 Å². The van der Waals surface area contributed by atoms with E-state index in [1.165, 1.54) is 0 Å². The highest BCUT2D eigenvalue weighted by molar-refractivity contribution is 6.05. The first-order valence-corrected chi connectivity index (χ1v) is 7.08. The van der Waals surface area contributed by atoms with Crippen molar-refractivity contribution in [2.24, 2.45) is 0 Å². The number of hydrogen-bond donors (Lipinski definition) is 1. The van der Waals surface area contributed by atoms with Crippen LogP contribution in [0.2, 0.25) is 0 Å². The van der Waals surface area contributed by atoms with Crippen molar-refractivity contribution in [3.63, 3.8) is 0 Å². The van der Waals surface area contributed by atoms with Crippen LogP contribution in [0.1, 0.15) is 41.6 Å². The van der Waals surface area contributed by atoms with Gasteiger partial charge in [-0.25, -0.2) is 0 Å². The summed E-state index contributed by atoms with van der Waals surface area (Å²) >= 11 is 0. The van der Waals surface area contributed by atoms with Gasteiger partial charge in [-0.15, -0.1) is 0 Å². The van der Waals surface area contributed by atoms with E-state index in [0.717, 1.165) is 22.8 Å². The zero-order valence-electron chi connectivity index (χ0n) is 13.2. The van der Waals surface area contributed by atoms with Gasteiger partial charge >= 0.3 is 0 Å². The van der Waals surface area contributed by atoms with E-state index in [-0.39, 0.29) is 5.91 Å². The van der Waals surface area contributed by atoms with Gasteiger partial charge in [0.25, 0.3) is 5.91 Å². The third-order valence-electron chi connectivity index (χ3n) is 3.57. The van der Waals surface area contributed by atoms with Crippen LogP contribution in [0.25, 0.3) is 0 Å². The molecule has 0 fully saturated rings. The number of aryl methyl sites for hydroxylation is 1. The van der Waals surface area contributed by atoms with E-state index in [9.17, 15) is 4.79 Å². The Kier molecular flexibility index (Phi) is 4.36. The van der Waals surface area contributed by atoms with Gasteiger partial charge in [0.15, 0.2) is 0 Å².